The number of amidine groups is 1. The van der Waals surface area contributed by atoms with E-state index in [1.807, 2.05) is 50.3 Å². The first-order chi connectivity index (χ1) is 9.23. The predicted molar refractivity (Wildman–Crippen MR) is 88.0 cm³/mol. The molecule has 100 valence electrons. The summed E-state index contributed by atoms with van der Waals surface area (Å²) in [7, 11) is 0. The summed E-state index contributed by atoms with van der Waals surface area (Å²) in [5, 5.41) is 0. The standard InChI is InChI=1S/C17H22N2/c1-6-10-13-16(9-4)17(18-5)19-14-15(11-7-2)12-8-3/h6-13H,2,4-5,14H2,1,3H3/b10-6-,12-8-,15-11+,16-13+,19-17?. The van der Waals surface area contributed by atoms with Crippen molar-refractivity contribution < 1.29 is 0 Å². The third kappa shape index (κ3) is 6.94. The second-order valence-electron chi connectivity index (χ2n) is 3.63. The van der Waals surface area contributed by atoms with Gasteiger partial charge in [-0.2, -0.15) is 0 Å². The molecular weight excluding hydrogens is 232 g/mol. The van der Waals surface area contributed by atoms with Crippen molar-refractivity contribution in [3.63, 3.8) is 0 Å². The molecule has 0 saturated carbocycles. The third-order valence-electron chi connectivity index (χ3n) is 2.22. The van der Waals surface area contributed by atoms with Crippen LogP contribution >= 0.6 is 0 Å². The van der Waals surface area contributed by atoms with Gasteiger partial charge in [0, 0.05) is 5.57 Å². The summed E-state index contributed by atoms with van der Waals surface area (Å²) in [5.74, 6) is 0.590. The van der Waals surface area contributed by atoms with Crippen molar-refractivity contribution in [3.05, 3.63) is 72.9 Å². The Morgan fingerprint density at radius 1 is 1.11 bits per heavy atom. The van der Waals surface area contributed by atoms with Gasteiger partial charge in [-0.05, 0) is 26.1 Å². The molecule has 0 heterocycles. The average Bonchev–Trinajstić information content (AvgIpc) is 2.42. The van der Waals surface area contributed by atoms with Crippen LogP contribution in [-0.2, 0) is 0 Å². The fourth-order valence-electron chi connectivity index (χ4n) is 1.36. The molecule has 0 aromatic carbocycles. The number of nitrogens with zero attached hydrogens (tertiary/aromatic N) is 2. The minimum absolute atomic E-state index is 0.533. The van der Waals surface area contributed by atoms with Crippen LogP contribution in [0, 0.1) is 0 Å². The van der Waals surface area contributed by atoms with Gasteiger partial charge in [-0.1, -0.05) is 61.8 Å². The number of hydrogen-bond donors (Lipinski definition) is 0. The van der Waals surface area contributed by atoms with Gasteiger partial charge in [0.15, 0.2) is 5.84 Å². The summed E-state index contributed by atoms with van der Waals surface area (Å²) < 4.78 is 0. The number of aliphatic imine (C=N–C) groups is 2. The minimum atomic E-state index is 0.533. The smallest absolute Gasteiger partial charge is 0.154 e. The lowest BCUT2D eigenvalue weighted by Crippen LogP contribution is -1.99. The van der Waals surface area contributed by atoms with E-state index in [0.29, 0.717) is 12.4 Å². The first-order valence-electron chi connectivity index (χ1n) is 6.14. The molecule has 0 spiro atoms. The Morgan fingerprint density at radius 3 is 2.32 bits per heavy atom. The molecule has 0 unspecified atom stereocenters. The van der Waals surface area contributed by atoms with Crippen LogP contribution in [0.1, 0.15) is 13.8 Å². The van der Waals surface area contributed by atoms with Crippen molar-refractivity contribution in [2.75, 3.05) is 6.54 Å². The molecule has 0 aliphatic heterocycles. The lowest BCUT2D eigenvalue weighted by atomic mass is 10.2. The number of hydrogen-bond acceptors (Lipinski definition) is 1. The van der Waals surface area contributed by atoms with Gasteiger partial charge in [-0.3, -0.25) is 4.99 Å². The van der Waals surface area contributed by atoms with Gasteiger partial charge in [0.25, 0.3) is 0 Å². The summed E-state index contributed by atoms with van der Waals surface area (Å²) >= 11 is 0. The fraction of sp³-hybridized carbons (Fsp3) is 0.176. The summed E-state index contributed by atoms with van der Waals surface area (Å²) in [6, 6.07) is 0. The van der Waals surface area contributed by atoms with E-state index in [4.69, 9.17) is 0 Å². The largest absolute Gasteiger partial charge is 0.261 e. The number of rotatable bonds is 7. The SMILES string of the molecule is C=C/C=C(\C=C/C)CN=C(N=C)/C(C=C)=C/C=C\C. The Labute approximate surface area is 116 Å². The molecule has 0 radical (unpaired) electrons. The molecule has 0 aliphatic rings. The van der Waals surface area contributed by atoms with E-state index in [-0.39, 0.29) is 0 Å². The van der Waals surface area contributed by atoms with E-state index < -0.39 is 0 Å². The van der Waals surface area contributed by atoms with E-state index >= 15 is 0 Å². The third-order valence-corrected chi connectivity index (χ3v) is 2.22. The van der Waals surface area contributed by atoms with Crippen LogP contribution in [0.5, 0.6) is 0 Å². The molecule has 2 heteroatoms. The van der Waals surface area contributed by atoms with Crippen molar-refractivity contribution in [2.45, 2.75) is 13.8 Å². The van der Waals surface area contributed by atoms with Gasteiger partial charge < -0.3 is 0 Å². The Hall–Kier alpha value is -2.22. The maximum Gasteiger partial charge on any atom is 0.154 e. The minimum Gasteiger partial charge on any atom is -0.261 e. The van der Waals surface area contributed by atoms with Gasteiger partial charge in [0.1, 0.15) is 0 Å². The van der Waals surface area contributed by atoms with Gasteiger partial charge in [-0.15, -0.1) is 0 Å². The summed E-state index contributed by atoms with van der Waals surface area (Å²) in [6.45, 7) is 15.5. The molecule has 0 fully saturated rings. The normalized spacial score (nSPS) is 14.1. The zero-order valence-electron chi connectivity index (χ0n) is 11.8. The Morgan fingerprint density at radius 2 is 1.84 bits per heavy atom. The molecule has 2 nitrogen and oxygen atoms in total. The molecule has 19 heavy (non-hydrogen) atoms. The zero-order valence-corrected chi connectivity index (χ0v) is 11.8. The average molecular weight is 254 g/mol. The molecule has 0 aromatic rings. The Balaban J connectivity index is 5.18. The molecule has 0 saturated heterocycles. The van der Waals surface area contributed by atoms with E-state index in [1.165, 1.54) is 0 Å². The van der Waals surface area contributed by atoms with Crippen molar-refractivity contribution in [1.82, 2.24) is 0 Å². The lowest BCUT2D eigenvalue weighted by molar-refractivity contribution is 1.17. The fourth-order valence-corrected chi connectivity index (χ4v) is 1.36. The lowest BCUT2D eigenvalue weighted by Gasteiger charge is -2.02. The highest BCUT2D eigenvalue weighted by molar-refractivity contribution is 6.03. The molecule has 0 aromatic heterocycles. The highest BCUT2D eigenvalue weighted by Crippen LogP contribution is 2.05. The van der Waals surface area contributed by atoms with Gasteiger partial charge in [0.2, 0.25) is 0 Å². The molecule has 0 amide bonds. The van der Waals surface area contributed by atoms with E-state index in [0.717, 1.165) is 11.1 Å². The highest BCUT2D eigenvalue weighted by Gasteiger charge is 2.00. The van der Waals surface area contributed by atoms with E-state index in [9.17, 15) is 0 Å². The first kappa shape index (κ1) is 16.8. The highest BCUT2D eigenvalue weighted by atomic mass is 14.9. The quantitative estimate of drug-likeness (QED) is 0.364. The second-order valence-corrected chi connectivity index (χ2v) is 3.63. The van der Waals surface area contributed by atoms with Crippen LogP contribution in [0.15, 0.2) is 82.9 Å². The maximum atomic E-state index is 4.45. The van der Waals surface area contributed by atoms with E-state index in [1.54, 1.807) is 12.2 Å². The number of allylic oxidation sites excluding steroid dienone is 6. The molecule has 0 atom stereocenters. The topological polar surface area (TPSA) is 24.7 Å². The second kappa shape index (κ2) is 10.9. The first-order valence-corrected chi connectivity index (χ1v) is 6.14. The predicted octanol–water partition coefficient (Wildman–Crippen LogP) is 4.46. The van der Waals surface area contributed by atoms with Crippen LogP contribution in [0.25, 0.3) is 0 Å². The van der Waals surface area contributed by atoms with Crippen LogP contribution in [-0.4, -0.2) is 19.1 Å². The summed E-state index contributed by atoms with van der Waals surface area (Å²) in [5.41, 5.74) is 1.92. The van der Waals surface area contributed by atoms with Crippen molar-refractivity contribution >= 4 is 12.6 Å². The van der Waals surface area contributed by atoms with Gasteiger partial charge in [0.05, 0.1) is 6.54 Å². The Kier molecular flexibility index (Phi) is 9.63. The Bertz CT molecular complexity index is 458. The van der Waals surface area contributed by atoms with Crippen LogP contribution in [0.2, 0.25) is 0 Å². The molecule has 0 aliphatic carbocycles. The van der Waals surface area contributed by atoms with Crippen molar-refractivity contribution in [2.24, 2.45) is 9.98 Å². The molecular formula is C17H22N2. The van der Waals surface area contributed by atoms with Crippen molar-refractivity contribution in [1.29, 1.82) is 0 Å². The van der Waals surface area contributed by atoms with Crippen LogP contribution in [0.3, 0.4) is 0 Å². The molecule has 0 N–H and O–H groups in total. The molecule has 0 bridgehead atoms. The maximum absolute atomic E-state index is 4.45. The summed E-state index contributed by atoms with van der Waals surface area (Å²) in [4.78, 5) is 8.40. The van der Waals surface area contributed by atoms with Crippen LogP contribution in [0.4, 0.5) is 0 Å². The zero-order chi connectivity index (χ0) is 14.5. The van der Waals surface area contributed by atoms with E-state index in [2.05, 4.69) is 29.9 Å². The van der Waals surface area contributed by atoms with Crippen molar-refractivity contribution in [3.8, 4) is 0 Å². The van der Waals surface area contributed by atoms with Crippen LogP contribution < -0.4 is 0 Å². The van der Waals surface area contributed by atoms with Gasteiger partial charge >= 0.3 is 0 Å². The van der Waals surface area contributed by atoms with Gasteiger partial charge in [-0.25, -0.2) is 4.99 Å². The molecule has 0 rings (SSSR count). The monoisotopic (exact) mass is 254 g/mol. The summed E-state index contributed by atoms with van der Waals surface area (Å²) in [6.07, 6.45) is 15.1.